The van der Waals surface area contributed by atoms with Crippen LogP contribution in [0.15, 0.2) is 182 Å². The first kappa shape index (κ1) is 30.2. The molecular weight excluding hydrogens is 689 g/mol. The quantitative estimate of drug-likeness (QED) is 0.160. The summed E-state index contributed by atoms with van der Waals surface area (Å²) in [5.41, 5.74) is 7.55. The summed E-state index contributed by atoms with van der Waals surface area (Å²) in [6.07, 6.45) is 0. The number of rotatable bonds is 3. The monoisotopic (exact) mass is 718 g/mol. The molecule has 0 atom stereocenters. The Morgan fingerprint density at radius 2 is 0.926 bits per heavy atom. The molecule has 2 heterocycles. The Morgan fingerprint density at radius 3 is 1.74 bits per heavy atom. The van der Waals surface area contributed by atoms with Gasteiger partial charge in [0, 0.05) is 40.3 Å². The molecule has 2 aromatic heterocycles. The van der Waals surface area contributed by atoms with E-state index >= 15 is 0 Å². The molecule has 54 heavy (non-hydrogen) atoms. The Labute approximate surface area is 319 Å². The molecule has 0 unspecified atom stereocenters. The van der Waals surface area contributed by atoms with Crippen molar-refractivity contribution in [2.75, 3.05) is 0 Å². The zero-order valence-electron chi connectivity index (χ0n) is 29.1. The second kappa shape index (κ2) is 11.6. The Kier molecular flexibility index (Phi) is 6.48. The van der Waals surface area contributed by atoms with E-state index in [1.807, 2.05) is 22.7 Å². The molecule has 0 aliphatic carbocycles. The molecule has 0 radical (unpaired) electrons. The number of thiophene rings is 2. The maximum absolute atomic E-state index is 2.41. The Morgan fingerprint density at radius 1 is 0.278 bits per heavy atom. The van der Waals surface area contributed by atoms with Gasteiger partial charge >= 0.3 is 0 Å². The molecule has 0 saturated heterocycles. The van der Waals surface area contributed by atoms with E-state index in [-0.39, 0.29) is 0 Å². The van der Waals surface area contributed by atoms with E-state index in [4.69, 9.17) is 0 Å². The van der Waals surface area contributed by atoms with Gasteiger partial charge in [0.2, 0.25) is 0 Å². The second-order valence-electron chi connectivity index (χ2n) is 14.4. The Hall–Kier alpha value is -6.32. The first-order chi connectivity index (χ1) is 26.8. The Balaban J connectivity index is 1.03. The van der Waals surface area contributed by atoms with Crippen molar-refractivity contribution in [2.24, 2.45) is 0 Å². The van der Waals surface area contributed by atoms with Crippen LogP contribution in [0.25, 0.3) is 117 Å². The summed E-state index contributed by atoms with van der Waals surface area (Å²) in [6, 6.07) is 67.8. The van der Waals surface area contributed by atoms with E-state index < -0.39 is 0 Å². The molecule has 10 aromatic carbocycles. The number of hydrogen-bond acceptors (Lipinski definition) is 2. The second-order valence-corrected chi connectivity index (χ2v) is 16.5. The molecule has 0 N–H and O–H groups in total. The lowest BCUT2D eigenvalue weighted by atomic mass is 9.84. The SMILES string of the molecule is c1cc(-c2ccc3cc4c(cc3c2)sc2c4ccc3sc4ccccc4c32)cc(-c2c3ccccc3c(-c3cccc4ccccc34)c3ccccc23)c1. The van der Waals surface area contributed by atoms with Gasteiger partial charge in [0.1, 0.15) is 0 Å². The highest BCUT2D eigenvalue weighted by molar-refractivity contribution is 7.29. The minimum atomic E-state index is 1.23. The van der Waals surface area contributed by atoms with Gasteiger partial charge in [0.05, 0.1) is 0 Å². The predicted molar refractivity (Wildman–Crippen MR) is 239 cm³/mol. The van der Waals surface area contributed by atoms with Crippen LogP contribution in [0.5, 0.6) is 0 Å². The van der Waals surface area contributed by atoms with Crippen LogP contribution >= 0.6 is 22.7 Å². The van der Waals surface area contributed by atoms with Gasteiger partial charge < -0.3 is 0 Å². The molecule has 0 amide bonds. The number of benzene rings is 10. The van der Waals surface area contributed by atoms with Crippen LogP contribution in [0.3, 0.4) is 0 Å². The maximum Gasteiger partial charge on any atom is 0.0448 e. The average molecular weight is 719 g/mol. The van der Waals surface area contributed by atoms with Gasteiger partial charge in [0.15, 0.2) is 0 Å². The van der Waals surface area contributed by atoms with Crippen molar-refractivity contribution in [1.29, 1.82) is 0 Å². The molecule has 0 nitrogen and oxygen atoms in total. The summed E-state index contributed by atoms with van der Waals surface area (Å²) in [4.78, 5) is 0. The Bertz CT molecular complexity index is 3440. The molecule has 12 rings (SSSR count). The van der Waals surface area contributed by atoms with Gasteiger partial charge in [0.25, 0.3) is 0 Å². The van der Waals surface area contributed by atoms with Crippen molar-refractivity contribution < 1.29 is 0 Å². The van der Waals surface area contributed by atoms with Gasteiger partial charge in [-0.05, 0) is 113 Å². The lowest BCUT2D eigenvalue weighted by molar-refractivity contribution is 1.63. The molecule has 0 spiro atoms. The van der Waals surface area contributed by atoms with E-state index in [2.05, 4.69) is 182 Å². The van der Waals surface area contributed by atoms with E-state index in [1.54, 1.807) is 0 Å². The lowest BCUT2D eigenvalue weighted by Crippen LogP contribution is -1.92. The molecule has 250 valence electrons. The molecule has 0 bridgehead atoms. The van der Waals surface area contributed by atoms with Crippen LogP contribution in [0.2, 0.25) is 0 Å². The lowest BCUT2D eigenvalue weighted by Gasteiger charge is -2.19. The molecule has 0 saturated carbocycles. The van der Waals surface area contributed by atoms with Gasteiger partial charge in [-0.1, -0.05) is 146 Å². The van der Waals surface area contributed by atoms with Crippen molar-refractivity contribution in [3.05, 3.63) is 182 Å². The fourth-order valence-electron chi connectivity index (χ4n) is 8.99. The molecule has 0 fully saturated rings. The topological polar surface area (TPSA) is 0 Å². The highest BCUT2D eigenvalue weighted by Gasteiger charge is 2.19. The van der Waals surface area contributed by atoms with E-state index in [0.29, 0.717) is 0 Å². The van der Waals surface area contributed by atoms with Crippen LogP contribution < -0.4 is 0 Å². The van der Waals surface area contributed by atoms with Crippen LogP contribution in [0.1, 0.15) is 0 Å². The largest absolute Gasteiger partial charge is 0.135 e. The fourth-order valence-corrected chi connectivity index (χ4v) is 11.5. The van der Waals surface area contributed by atoms with Gasteiger partial charge in [-0.25, -0.2) is 0 Å². The minimum absolute atomic E-state index is 1.23. The summed E-state index contributed by atoms with van der Waals surface area (Å²) < 4.78 is 5.46. The van der Waals surface area contributed by atoms with Crippen molar-refractivity contribution in [3.63, 3.8) is 0 Å². The zero-order chi connectivity index (χ0) is 35.3. The van der Waals surface area contributed by atoms with E-state index in [9.17, 15) is 0 Å². The normalized spacial score (nSPS) is 12.1. The van der Waals surface area contributed by atoms with Gasteiger partial charge in [-0.3, -0.25) is 0 Å². The van der Waals surface area contributed by atoms with Gasteiger partial charge in [-0.2, -0.15) is 0 Å². The van der Waals surface area contributed by atoms with Crippen molar-refractivity contribution in [3.8, 4) is 33.4 Å². The van der Waals surface area contributed by atoms with Crippen LogP contribution in [-0.2, 0) is 0 Å². The average Bonchev–Trinajstić information content (AvgIpc) is 3.79. The van der Waals surface area contributed by atoms with E-state index in [1.165, 1.54) is 117 Å². The zero-order valence-corrected chi connectivity index (χ0v) is 30.8. The van der Waals surface area contributed by atoms with Crippen molar-refractivity contribution in [1.82, 2.24) is 0 Å². The fraction of sp³-hybridized carbons (Fsp3) is 0. The first-order valence-corrected chi connectivity index (χ1v) is 20.1. The number of fused-ring (bicyclic) bond motifs is 11. The summed E-state index contributed by atoms with van der Waals surface area (Å²) in [6.45, 7) is 0. The summed E-state index contributed by atoms with van der Waals surface area (Å²) in [5, 5.41) is 15.7. The van der Waals surface area contributed by atoms with Crippen molar-refractivity contribution in [2.45, 2.75) is 0 Å². The predicted octanol–water partition coefficient (Wildman–Crippen LogP) is 16.0. The first-order valence-electron chi connectivity index (χ1n) is 18.5. The molecule has 2 heteroatoms. The maximum atomic E-state index is 2.41. The van der Waals surface area contributed by atoms with Crippen LogP contribution in [0.4, 0.5) is 0 Å². The third kappa shape index (κ3) is 4.42. The molecular formula is C52H30S2. The van der Waals surface area contributed by atoms with Crippen molar-refractivity contribution >= 4 is 106 Å². The minimum Gasteiger partial charge on any atom is -0.135 e. The smallest absolute Gasteiger partial charge is 0.0448 e. The van der Waals surface area contributed by atoms with Crippen LogP contribution in [-0.4, -0.2) is 0 Å². The summed E-state index contributed by atoms with van der Waals surface area (Å²) in [7, 11) is 0. The highest BCUT2D eigenvalue weighted by Crippen LogP contribution is 2.47. The van der Waals surface area contributed by atoms with Crippen LogP contribution in [0, 0.1) is 0 Å². The number of hydrogen-bond donors (Lipinski definition) is 0. The highest BCUT2D eigenvalue weighted by atomic mass is 32.1. The summed E-state index contributed by atoms with van der Waals surface area (Å²) in [5.74, 6) is 0. The van der Waals surface area contributed by atoms with E-state index in [0.717, 1.165) is 0 Å². The summed E-state index contributed by atoms with van der Waals surface area (Å²) >= 11 is 3.83. The third-order valence-electron chi connectivity index (χ3n) is 11.4. The molecule has 0 aliphatic rings. The standard InChI is InChI=1S/C52H30S2/c1-2-15-37-31(11-1)12-10-21-38(37)50-41-18-5-3-16-39(41)49(40-17-4-6-19-42(40)50)35-14-9-13-32(27-35)33-23-24-34-29-45-43-25-26-47-51(44-20-7-8-22-46(44)53-47)52(43)54-48(45)30-36(34)28-33/h1-30H. The van der Waals surface area contributed by atoms with Gasteiger partial charge in [-0.15, -0.1) is 22.7 Å². The molecule has 0 aliphatic heterocycles. The third-order valence-corrected chi connectivity index (χ3v) is 13.7. The molecule has 12 aromatic rings.